The van der Waals surface area contributed by atoms with Crippen LogP contribution in [0.2, 0.25) is 0 Å². The van der Waals surface area contributed by atoms with E-state index in [4.69, 9.17) is 33.2 Å². The summed E-state index contributed by atoms with van der Waals surface area (Å²) in [6.45, 7) is -0.141. The molecule has 1 aliphatic rings. The van der Waals surface area contributed by atoms with Gasteiger partial charge in [0.25, 0.3) is 0 Å². The van der Waals surface area contributed by atoms with E-state index in [9.17, 15) is 19.5 Å². The summed E-state index contributed by atoms with van der Waals surface area (Å²) in [4.78, 5) is 42.1. The molecule has 1 N–H and O–H groups in total. The van der Waals surface area contributed by atoms with Crippen molar-refractivity contribution in [2.24, 2.45) is 0 Å². The van der Waals surface area contributed by atoms with Gasteiger partial charge in [0.1, 0.15) is 17.9 Å². The molecule has 1 amide bonds. The maximum atomic E-state index is 14.8. The predicted molar refractivity (Wildman–Crippen MR) is 205 cm³/mol. The van der Waals surface area contributed by atoms with Crippen molar-refractivity contribution in [1.29, 1.82) is 0 Å². The molecule has 4 aromatic carbocycles. The third-order valence-electron chi connectivity index (χ3n) is 9.72. The van der Waals surface area contributed by atoms with Crippen LogP contribution >= 0.6 is 0 Å². The number of aliphatic carboxylic acids is 1. The molecule has 4 aromatic rings. The number of carbonyl (C=O) groups is 3. The largest absolute Gasteiger partial charge is 0.493 e. The van der Waals surface area contributed by atoms with Crippen LogP contribution in [0.25, 0.3) is 0 Å². The highest BCUT2D eigenvalue weighted by molar-refractivity contribution is 5.89. The van der Waals surface area contributed by atoms with E-state index in [1.54, 1.807) is 49.5 Å². The number of hydrogen-bond acceptors (Lipinski definition) is 10. The first-order chi connectivity index (χ1) is 26.7. The number of nitrogens with zero attached hydrogens (tertiary/aromatic N) is 1. The van der Waals surface area contributed by atoms with Crippen LogP contribution in [0.4, 0.5) is 0 Å². The zero-order valence-electron chi connectivity index (χ0n) is 31.9. The number of ether oxygens (including phenoxy) is 7. The van der Waals surface area contributed by atoms with Crippen LogP contribution in [0.15, 0.2) is 84.9 Å². The Balaban J connectivity index is 1.46. The number of rotatable bonds is 18. The van der Waals surface area contributed by atoms with Crippen LogP contribution in [0.3, 0.4) is 0 Å². The molecular weight excluding hydrogens is 706 g/mol. The zero-order valence-corrected chi connectivity index (χ0v) is 31.9. The standard InChI is InChI=1S/C43H49NO11/c1-49-36-20-18-29(23-37(36)50-2)17-19-35(30-14-11-15-32(24-30)54-27-40(45)46)55-43(48)34-16-9-10-21-44(34)42(47)33(22-28-12-7-6-8-13-28)31-25-38(51-3)41(53-5)39(26-31)52-4/h6-8,11-15,18,20,23-26,33-35H,9-10,16-17,19,21-22,27H2,1-5H3,(H,45,46). The van der Waals surface area contributed by atoms with Gasteiger partial charge in [-0.2, -0.15) is 0 Å². The third-order valence-corrected chi connectivity index (χ3v) is 9.72. The Bertz CT molecular complexity index is 1890. The summed E-state index contributed by atoms with van der Waals surface area (Å²) in [5, 5.41) is 9.18. The van der Waals surface area contributed by atoms with Gasteiger partial charge in [-0.15, -0.1) is 0 Å². The number of methoxy groups -OCH3 is 5. The average molecular weight is 756 g/mol. The molecule has 1 aliphatic heterocycles. The molecule has 292 valence electrons. The second-order valence-electron chi connectivity index (χ2n) is 13.2. The van der Waals surface area contributed by atoms with Crippen LogP contribution in [-0.4, -0.2) is 82.6 Å². The molecule has 1 fully saturated rings. The molecule has 12 heteroatoms. The van der Waals surface area contributed by atoms with Crippen molar-refractivity contribution in [2.75, 3.05) is 48.7 Å². The van der Waals surface area contributed by atoms with E-state index in [1.807, 2.05) is 54.6 Å². The van der Waals surface area contributed by atoms with E-state index in [-0.39, 0.29) is 5.91 Å². The Labute approximate surface area is 321 Å². The quantitative estimate of drug-likeness (QED) is 0.107. The van der Waals surface area contributed by atoms with Crippen LogP contribution in [0.1, 0.15) is 60.0 Å². The first kappa shape index (κ1) is 40.3. The molecule has 3 atom stereocenters. The molecule has 12 nitrogen and oxygen atoms in total. The van der Waals surface area contributed by atoms with E-state index in [0.717, 1.165) is 24.0 Å². The normalized spacial score (nSPS) is 14.9. The van der Waals surface area contributed by atoms with E-state index < -0.39 is 36.6 Å². The van der Waals surface area contributed by atoms with E-state index >= 15 is 0 Å². The van der Waals surface area contributed by atoms with E-state index in [0.29, 0.717) is 77.9 Å². The lowest BCUT2D eigenvalue weighted by Gasteiger charge is -2.37. The molecule has 5 rings (SSSR count). The van der Waals surface area contributed by atoms with Gasteiger partial charge < -0.3 is 43.2 Å². The Kier molecular flexibility index (Phi) is 14.2. The van der Waals surface area contributed by atoms with E-state index in [1.165, 1.54) is 21.3 Å². The number of piperidine rings is 1. The topological polar surface area (TPSA) is 139 Å². The lowest BCUT2D eigenvalue weighted by atomic mass is 9.88. The fourth-order valence-electron chi connectivity index (χ4n) is 6.94. The van der Waals surface area contributed by atoms with Crippen molar-refractivity contribution in [3.8, 4) is 34.5 Å². The van der Waals surface area contributed by atoms with Crippen LogP contribution < -0.4 is 28.4 Å². The number of esters is 1. The number of benzene rings is 4. The van der Waals surface area contributed by atoms with Crippen LogP contribution in [-0.2, 0) is 32.0 Å². The number of aryl methyl sites for hydroxylation is 1. The summed E-state index contributed by atoms with van der Waals surface area (Å²) in [6, 6.07) is 24.9. The highest BCUT2D eigenvalue weighted by Crippen LogP contribution is 2.42. The maximum Gasteiger partial charge on any atom is 0.341 e. The van der Waals surface area contributed by atoms with Gasteiger partial charge in [0.05, 0.1) is 41.5 Å². The van der Waals surface area contributed by atoms with Gasteiger partial charge in [0.15, 0.2) is 29.6 Å². The molecule has 0 radical (unpaired) electrons. The highest BCUT2D eigenvalue weighted by atomic mass is 16.5. The fourth-order valence-corrected chi connectivity index (χ4v) is 6.94. The molecule has 0 spiro atoms. The van der Waals surface area contributed by atoms with E-state index in [2.05, 4.69) is 0 Å². The van der Waals surface area contributed by atoms with Gasteiger partial charge in [-0.1, -0.05) is 48.5 Å². The lowest BCUT2D eigenvalue weighted by molar-refractivity contribution is -0.162. The van der Waals surface area contributed by atoms with Crippen molar-refractivity contribution < 1.29 is 52.6 Å². The second-order valence-corrected chi connectivity index (χ2v) is 13.2. The summed E-state index contributed by atoms with van der Waals surface area (Å²) in [5.41, 5.74) is 3.17. The summed E-state index contributed by atoms with van der Waals surface area (Å²) in [5.74, 6) is 0.216. The van der Waals surface area contributed by atoms with Crippen molar-refractivity contribution in [3.05, 3.63) is 107 Å². The fraction of sp³-hybridized carbons (Fsp3) is 0.372. The summed E-state index contributed by atoms with van der Waals surface area (Å²) >= 11 is 0. The molecule has 1 heterocycles. The number of carboxylic acid groups (broad SMARTS) is 1. The van der Waals surface area contributed by atoms with Gasteiger partial charge in [0.2, 0.25) is 11.7 Å². The number of likely N-dealkylation sites (tertiary alicyclic amines) is 1. The van der Waals surface area contributed by atoms with Gasteiger partial charge in [-0.25, -0.2) is 9.59 Å². The molecule has 55 heavy (non-hydrogen) atoms. The minimum absolute atomic E-state index is 0.217. The maximum absolute atomic E-state index is 14.8. The zero-order chi connectivity index (χ0) is 39.3. The summed E-state index contributed by atoms with van der Waals surface area (Å²) < 4.78 is 39.6. The number of carboxylic acids is 1. The minimum Gasteiger partial charge on any atom is -0.493 e. The van der Waals surface area contributed by atoms with Gasteiger partial charge in [-0.3, -0.25) is 4.79 Å². The predicted octanol–water partition coefficient (Wildman–Crippen LogP) is 6.82. The SMILES string of the molecule is COc1ccc(CCC(OC(=O)C2CCCCN2C(=O)C(Cc2ccccc2)c2cc(OC)c(OC)c(OC)c2)c2cccc(OCC(=O)O)c2)cc1OC. The third kappa shape index (κ3) is 10.2. The van der Waals surface area contributed by atoms with Gasteiger partial charge >= 0.3 is 11.9 Å². The molecule has 0 aliphatic carbocycles. The van der Waals surface area contributed by atoms with Gasteiger partial charge in [-0.05, 0) is 97.2 Å². The van der Waals surface area contributed by atoms with Crippen LogP contribution in [0.5, 0.6) is 34.5 Å². The Morgan fingerprint density at radius 1 is 0.727 bits per heavy atom. The number of hydrogen-bond donors (Lipinski definition) is 1. The molecule has 0 bridgehead atoms. The summed E-state index contributed by atoms with van der Waals surface area (Å²) in [7, 11) is 7.72. The Hall–Kier alpha value is -5.91. The smallest absolute Gasteiger partial charge is 0.341 e. The average Bonchev–Trinajstić information content (AvgIpc) is 3.22. The lowest BCUT2D eigenvalue weighted by Crippen LogP contribution is -2.50. The molecule has 3 unspecified atom stereocenters. The van der Waals surface area contributed by atoms with Gasteiger partial charge in [0, 0.05) is 6.54 Å². The second kappa shape index (κ2) is 19.4. The number of carbonyl (C=O) groups excluding carboxylic acids is 2. The summed E-state index contributed by atoms with van der Waals surface area (Å²) in [6.07, 6.45) is 2.41. The molecular formula is C43H49NO11. The first-order valence-corrected chi connectivity index (χ1v) is 18.2. The monoisotopic (exact) mass is 755 g/mol. The first-order valence-electron chi connectivity index (χ1n) is 18.2. The van der Waals surface area contributed by atoms with Crippen LogP contribution in [0, 0.1) is 0 Å². The Morgan fingerprint density at radius 2 is 1.44 bits per heavy atom. The molecule has 1 saturated heterocycles. The Morgan fingerprint density at radius 3 is 2.09 bits per heavy atom. The van der Waals surface area contributed by atoms with Crippen molar-refractivity contribution in [3.63, 3.8) is 0 Å². The van der Waals surface area contributed by atoms with Crippen molar-refractivity contribution in [2.45, 2.75) is 56.6 Å². The number of amides is 1. The highest BCUT2D eigenvalue weighted by Gasteiger charge is 2.38. The molecule has 0 aromatic heterocycles. The van der Waals surface area contributed by atoms with Crippen molar-refractivity contribution in [1.82, 2.24) is 4.90 Å². The molecule has 0 saturated carbocycles. The minimum atomic E-state index is -1.11. The van der Waals surface area contributed by atoms with Crippen molar-refractivity contribution >= 4 is 17.8 Å².